The van der Waals surface area contributed by atoms with Crippen molar-refractivity contribution in [1.82, 2.24) is 5.32 Å². The molecular weight excluding hydrogens is 198 g/mol. The molecule has 0 radical (unpaired) electrons. The minimum Gasteiger partial charge on any atom is -0.381 e. The Morgan fingerprint density at radius 1 is 1.14 bits per heavy atom. The van der Waals surface area contributed by atoms with Crippen LogP contribution in [0, 0.1) is 5.92 Å². The van der Waals surface area contributed by atoms with E-state index in [-0.39, 0.29) is 0 Å². The largest absolute Gasteiger partial charge is 0.381 e. The molecule has 0 spiro atoms. The molecule has 1 aliphatic heterocycles. The van der Waals surface area contributed by atoms with Gasteiger partial charge in [-0.3, -0.25) is 0 Å². The molecule has 0 bridgehead atoms. The third-order valence-corrected chi connectivity index (χ3v) is 3.03. The zero-order valence-electron chi connectivity index (χ0n) is 8.93. The van der Waals surface area contributed by atoms with Crippen LogP contribution in [0.5, 0.6) is 0 Å². The number of nitrogens with one attached hydrogen (secondary N) is 1. The average molecular weight is 220 g/mol. The molecule has 0 saturated carbocycles. The summed E-state index contributed by atoms with van der Waals surface area (Å²) in [6, 6.07) is 0. The first kappa shape index (κ1) is 12.3. The lowest BCUT2D eigenvalue weighted by Gasteiger charge is -2.22. The highest BCUT2D eigenvalue weighted by atomic mass is 35.5. The fourth-order valence-corrected chi connectivity index (χ4v) is 1.97. The predicted molar refractivity (Wildman–Crippen MR) is 61.0 cm³/mol. The number of ether oxygens (including phenoxy) is 1. The van der Waals surface area contributed by atoms with Crippen LogP contribution in [-0.4, -0.2) is 32.2 Å². The number of hydrogen-bond donors (Lipinski definition) is 1. The smallest absolute Gasteiger partial charge is 0.0469 e. The van der Waals surface area contributed by atoms with Crippen molar-refractivity contribution >= 4 is 11.6 Å². The molecule has 84 valence electrons. The van der Waals surface area contributed by atoms with E-state index in [1.807, 2.05) is 0 Å². The summed E-state index contributed by atoms with van der Waals surface area (Å²) in [5.74, 6) is 1.65. The van der Waals surface area contributed by atoms with Gasteiger partial charge in [0.25, 0.3) is 0 Å². The molecule has 2 nitrogen and oxygen atoms in total. The van der Waals surface area contributed by atoms with Crippen molar-refractivity contribution in [3.8, 4) is 0 Å². The fraction of sp³-hybridized carbons (Fsp3) is 1.00. The number of halogens is 1. The summed E-state index contributed by atoms with van der Waals surface area (Å²) in [7, 11) is 0. The summed E-state index contributed by atoms with van der Waals surface area (Å²) in [6.07, 6.45) is 6.13. The van der Waals surface area contributed by atoms with E-state index in [1.165, 1.54) is 32.2 Å². The third kappa shape index (κ3) is 5.84. The molecule has 0 amide bonds. The van der Waals surface area contributed by atoms with E-state index < -0.39 is 0 Å². The molecule has 1 fully saturated rings. The van der Waals surface area contributed by atoms with Gasteiger partial charge in [0.1, 0.15) is 0 Å². The van der Waals surface area contributed by atoms with Crippen molar-refractivity contribution in [2.45, 2.75) is 32.1 Å². The van der Waals surface area contributed by atoms with Crippen molar-refractivity contribution in [2.24, 2.45) is 5.92 Å². The molecular formula is C11H22ClNO. The van der Waals surface area contributed by atoms with Crippen LogP contribution in [0.15, 0.2) is 0 Å². The molecule has 1 heterocycles. The third-order valence-electron chi connectivity index (χ3n) is 2.76. The maximum Gasteiger partial charge on any atom is 0.0469 e. The van der Waals surface area contributed by atoms with Gasteiger partial charge in [0.15, 0.2) is 0 Å². The Kier molecular flexibility index (Phi) is 7.47. The van der Waals surface area contributed by atoms with Gasteiger partial charge in [-0.05, 0) is 44.7 Å². The zero-order chi connectivity index (χ0) is 10.1. The van der Waals surface area contributed by atoms with Crippen LogP contribution in [-0.2, 0) is 4.74 Å². The molecule has 1 N–H and O–H groups in total. The van der Waals surface area contributed by atoms with E-state index in [1.54, 1.807) is 0 Å². The van der Waals surface area contributed by atoms with Gasteiger partial charge in [0.05, 0.1) is 0 Å². The fourth-order valence-electron chi connectivity index (χ4n) is 1.78. The highest BCUT2D eigenvalue weighted by Crippen LogP contribution is 2.13. The SMILES string of the molecule is ClCCCCCNCC1CCOCC1. The van der Waals surface area contributed by atoms with Gasteiger partial charge in [-0.1, -0.05) is 6.42 Å². The van der Waals surface area contributed by atoms with Gasteiger partial charge in [-0.2, -0.15) is 0 Å². The van der Waals surface area contributed by atoms with E-state index >= 15 is 0 Å². The Labute approximate surface area is 92.3 Å². The van der Waals surface area contributed by atoms with Gasteiger partial charge in [-0.15, -0.1) is 11.6 Å². The molecule has 3 heteroatoms. The van der Waals surface area contributed by atoms with Gasteiger partial charge >= 0.3 is 0 Å². The lowest BCUT2D eigenvalue weighted by atomic mass is 10.0. The van der Waals surface area contributed by atoms with Gasteiger partial charge < -0.3 is 10.1 Å². The van der Waals surface area contributed by atoms with Crippen molar-refractivity contribution in [3.05, 3.63) is 0 Å². The monoisotopic (exact) mass is 219 g/mol. The Morgan fingerprint density at radius 3 is 2.64 bits per heavy atom. The lowest BCUT2D eigenvalue weighted by molar-refractivity contribution is 0.0663. The van der Waals surface area contributed by atoms with Crippen LogP contribution in [0.1, 0.15) is 32.1 Å². The van der Waals surface area contributed by atoms with Gasteiger partial charge in [-0.25, -0.2) is 0 Å². The van der Waals surface area contributed by atoms with E-state index in [0.29, 0.717) is 0 Å². The van der Waals surface area contributed by atoms with Crippen LogP contribution >= 0.6 is 11.6 Å². The first-order valence-corrected chi connectivity index (χ1v) is 6.31. The summed E-state index contributed by atoms with van der Waals surface area (Å²) in [5.41, 5.74) is 0. The maximum absolute atomic E-state index is 5.60. The minimum atomic E-state index is 0.806. The standard InChI is InChI=1S/C11H22ClNO/c12-6-2-1-3-7-13-10-11-4-8-14-9-5-11/h11,13H,1-10H2. The Balaban J connectivity index is 1.82. The molecule has 0 aromatic heterocycles. The molecule has 1 rings (SSSR count). The Morgan fingerprint density at radius 2 is 1.93 bits per heavy atom. The molecule has 0 atom stereocenters. The maximum atomic E-state index is 5.60. The number of rotatable bonds is 7. The molecule has 0 aromatic carbocycles. The van der Waals surface area contributed by atoms with Crippen LogP contribution in [0.25, 0.3) is 0 Å². The lowest BCUT2D eigenvalue weighted by Crippen LogP contribution is -2.28. The summed E-state index contributed by atoms with van der Waals surface area (Å²) >= 11 is 5.60. The van der Waals surface area contributed by atoms with E-state index in [9.17, 15) is 0 Å². The quantitative estimate of drug-likeness (QED) is 0.525. The topological polar surface area (TPSA) is 21.3 Å². The summed E-state index contributed by atoms with van der Waals surface area (Å²) < 4.78 is 5.32. The van der Waals surface area contributed by atoms with E-state index in [0.717, 1.165) is 38.0 Å². The number of alkyl halides is 1. The normalized spacial score (nSPS) is 18.6. The van der Waals surface area contributed by atoms with Crippen molar-refractivity contribution in [3.63, 3.8) is 0 Å². The number of hydrogen-bond acceptors (Lipinski definition) is 2. The Bertz CT molecular complexity index is 126. The first-order valence-electron chi connectivity index (χ1n) is 5.78. The zero-order valence-corrected chi connectivity index (χ0v) is 9.69. The number of unbranched alkanes of at least 4 members (excludes halogenated alkanes) is 2. The second kappa shape index (κ2) is 8.51. The molecule has 1 saturated heterocycles. The molecule has 0 aromatic rings. The molecule has 14 heavy (non-hydrogen) atoms. The summed E-state index contributed by atoms with van der Waals surface area (Å²) in [4.78, 5) is 0. The first-order chi connectivity index (χ1) is 6.93. The summed E-state index contributed by atoms with van der Waals surface area (Å²) in [6.45, 7) is 4.23. The second-order valence-electron chi connectivity index (χ2n) is 4.01. The minimum absolute atomic E-state index is 0.806. The van der Waals surface area contributed by atoms with Gasteiger partial charge in [0.2, 0.25) is 0 Å². The summed E-state index contributed by atoms with van der Waals surface area (Å²) in [5, 5.41) is 3.52. The van der Waals surface area contributed by atoms with Crippen molar-refractivity contribution in [1.29, 1.82) is 0 Å². The average Bonchev–Trinajstić information content (AvgIpc) is 2.25. The second-order valence-corrected chi connectivity index (χ2v) is 4.39. The van der Waals surface area contributed by atoms with Gasteiger partial charge in [0, 0.05) is 19.1 Å². The Hall–Kier alpha value is 0.210. The van der Waals surface area contributed by atoms with Crippen LogP contribution < -0.4 is 5.32 Å². The molecule has 0 aliphatic carbocycles. The van der Waals surface area contributed by atoms with Crippen molar-refractivity contribution < 1.29 is 4.74 Å². The van der Waals surface area contributed by atoms with Crippen LogP contribution in [0.3, 0.4) is 0 Å². The van der Waals surface area contributed by atoms with Crippen molar-refractivity contribution in [2.75, 3.05) is 32.2 Å². The van der Waals surface area contributed by atoms with Crippen LogP contribution in [0.4, 0.5) is 0 Å². The highest BCUT2D eigenvalue weighted by molar-refractivity contribution is 6.17. The molecule has 0 unspecified atom stereocenters. The van der Waals surface area contributed by atoms with Crippen LogP contribution in [0.2, 0.25) is 0 Å². The highest BCUT2D eigenvalue weighted by Gasteiger charge is 2.12. The van der Waals surface area contributed by atoms with E-state index in [2.05, 4.69) is 5.32 Å². The predicted octanol–water partition coefficient (Wildman–Crippen LogP) is 2.41. The van der Waals surface area contributed by atoms with E-state index in [4.69, 9.17) is 16.3 Å². The molecule has 1 aliphatic rings.